The summed E-state index contributed by atoms with van der Waals surface area (Å²) in [6.07, 6.45) is 6.52. The number of halogens is 1. The SMILES string of the molecule is COC1=CC=CC(Cl)=CC1=C(C#N)C#N. The summed E-state index contributed by atoms with van der Waals surface area (Å²) >= 11 is 5.83. The molecule has 0 fully saturated rings. The molecule has 0 aromatic heterocycles. The Bertz CT molecular complexity index is 454. The van der Waals surface area contributed by atoms with Crippen LogP contribution in [-0.4, -0.2) is 7.11 Å². The molecule has 0 spiro atoms. The van der Waals surface area contributed by atoms with Gasteiger partial charge in [-0.05, 0) is 18.2 Å². The maximum atomic E-state index is 8.76. The summed E-state index contributed by atoms with van der Waals surface area (Å²) in [4.78, 5) is 0. The van der Waals surface area contributed by atoms with Gasteiger partial charge in [0.2, 0.25) is 0 Å². The number of hydrogen-bond acceptors (Lipinski definition) is 3. The van der Waals surface area contributed by atoms with Gasteiger partial charge in [0.25, 0.3) is 0 Å². The molecule has 0 aromatic carbocycles. The van der Waals surface area contributed by atoms with Crippen molar-refractivity contribution in [3.63, 3.8) is 0 Å². The van der Waals surface area contributed by atoms with E-state index in [1.807, 2.05) is 0 Å². The minimum absolute atomic E-state index is 0.0232. The standard InChI is InChI=1S/C11H7ClN2O/c1-15-11-4-2-3-9(12)5-10(11)8(6-13)7-14/h2-5H,1H3. The predicted molar refractivity (Wildman–Crippen MR) is 56.4 cm³/mol. The maximum absolute atomic E-state index is 8.76. The third kappa shape index (κ3) is 2.49. The molecular formula is C11H7ClN2O. The highest BCUT2D eigenvalue weighted by atomic mass is 35.5. The molecule has 0 saturated heterocycles. The van der Waals surface area contributed by atoms with E-state index in [9.17, 15) is 0 Å². The lowest BCUT2D eigenvalue weighted by atomic mass is 10.1. The summed E-state index contributed by atoms with van der Waals surface area (Å²) in [5, 5.41) is 18.0. The molecule has 0 aliphatic heterocycles. The van der Waals surface area contributed by atoms with Gasteiger partial charge in [0.15, 0.2) is 0 Å². The lowest BCUT2D eigenvalue weighted by molar-refractivity contribution is 0.302. The second-order valence-corrected chi connectivity index (χ2v) is 3.07. The van der Waals surface area contributed by atoms with Gasteiger partial charge in [-0.1, -0.05) is 17.7 Å². The topological polar surface area (TPSA) is 56.8 Å². The minimum atomic E-state index is -0.0232. The van der Waals surface area contributed by atoms with Crippen LogP contribution < -0.4 is 0 Å². The monoisotopic (exact) mass is 218 g/mol. The number of hydrogen-bond donors (Lipinski definition) is 0. The quantitative estimate of drug-likeness (QED) is 0.636. The molecule has 0 heterocycles. The number of nitriles is 2. The van der Waals surface area contributed by atoms with E-state index in [1.165, 1.54) is 13.2 Å². The van der Waals surface area contributed by atoms with Gasteiger partial charge in [0.1, 0.15) is 23.5 Å². The Hall–Kier alpha value is -1.97. The molecule has 0 unspecified atom stereocenters. The molecule has 74 valence electrons. The predicted octanol–water partition coefficient (Wildman–Crippen LogP) is 2.55. The van der Waals surface area contributed by atoms with E-state index in [2.05, 4.69) is 0 Å². The van der Waals surface area contributed by atoms with E-state index in [1.54, 1.807) is 30.4 Å². The molecule has 0 bridgehead atoms. The van der Waals surface area contributed by atoms with Crippen molar-refractivity contribution in [1.29, 1.82) is 10.5 Å². The highest BCUT2D eigenvalue weighted by molar-refractivity contribution is 6.31. The lowest BCUT2D eigenvalue weighted by Gasteiger charge is -2.05. The third-order valence-electron chi connectivity index (χ3n) is 1.76. The molecule has 0 N–H and O–H groups in total. The van der Waals surface area contributed by atoms with Crippen LogP contribution in [0.25, 0.3) is 0 Å². The van der Waals surface area contributed by atoms with Crippen LogP contribution in [0.1, 0.15) is 0 Å². The van der Waals surface area contributed by atoms with Gasteiger partial charge in [0.05, 0.1) is 7.11 Å². The Labute approximate surface area is 92.8 Å². The second-order valence-electron chi connectivity index (χ2n) is 2.64. The van der Waals surface area contributed by atoms with Crippen molar-refractivity contribution in [3.8, 4) is 12.1 Å². The van der Waals surface area contributed by atoms with Gasteiger partial charge in [-0.25, -0.2) is 0 Å². The van der Waals surface area contributed by atoms with E-state index in [0.717, 1.165) is 0 Å². The number of rotatable bonds is 1. The highest BCUT2D eigenvalue weighted by Crippen LogP contribution is 2.23. The number of ether oxygens (including phenoxy) is 1. The molecule has 1 aliphatic rings. The molecule has 4 heteroatoms. The first-order valence-corrected chi connectivity index (χ1v) is 4.45. The minimum Gasteiger partial charge on any atom is -0.496 e. The molecule has 0 atom stereocenters. The molecule has 1 rings (SSSR count). The zero-order chi connectivity index (χ0) is 11.3. The first-order valence-electron chi connectivity index (χ1n) is 4.07. The molecule has 0 saturated carbocycles. The van der Waals surface area contributed by atoms with Gasteiger partial charge in [-0.2, -0.15) is 10.5 Å². The summed E-state index contributed by atoms with van der Waals surface area (Å²) in [6, 6.07) is 3.60. The van der Waals surface area contributed by atoms with Gasteiger partial charge < -0.3 is 4.74 Å². The maximum Gasteiger partial charge on any atom is 0.140 e. The van der Waals surface area contributed by atoms with E-state index >= 15 is 0 Å². The molecular weight excluding hydrogens is 212 g/mol. The van der Waals surface area contributed by atoms with Gasteiger partial charge >= 0.3 is 0 Å². The third-order valence-corrected chi connectivity index (χ3v) is 2.00. The van der Waals surface area contributed by atoms with Crippen LogP contribution in [-0.2, 0) is 4.74 Å². The highest BCUT2D eigenvalue weighted by Gasteiger charge is 2.11. The van der Waals surface area contributed by atoms with Crippen LogP contribution >= 0.6 is 11.6 Å². The van der Waals surface area contributed by atoms with E-state index in [0.29, 0.717) is 16.4 Å². The van der Waals surface area contributed by atoms with Crippen LogP contribution in [0.4, 0.5) is 0 Å². The molecule has 15 heavy (non-hydrogen) atoms. The largest absolute Gasteiger partial charge is 0.496 e. The normalized spacial score (nSPS) is 14.3. The van der Waals surface area contributed by atoms with Crippen molar-refractivity contribution in [2.75, 3.05) is 7.11 Å². The Morgan fingerprint density at radius 2 is 2.07 bits per heavy atom. The van der Waals surface area contributed by atoms with Crippen LogP contribution in [0.3, 0.4) is 0 Å². The Balaban J connectivity index is 3.39. The van der Waals surface area contributed by atoms with Crippen molar-refractivity contribution in [2.45, 2.75) is 0 Å². The van der Waals surface area contributed by atoms with Crippen LogP contribution in [0.15, 0.2) is 46.2 Å². The molecule has 0 aromatic rings. The first-order chi connectivity index (χ1) is 7.22. The zero-order valence-electron chi connectivity index (χ0n) is 7.99. The molecule has 0 amide bonds. The molecule has 3 nitrogen and oxygen atoms in total. The van der Waals surface area contributed by atoms with Crippen LogP contribution in [0.5, 0.6) is 0 Å². The Morgan fingerprint density at radius 3 is 2.60 bits per heavy atom. The van der Waals surface area contributed by atoms with Crippen LogP contribution in [0, 0.1) is 22.7 Å². The zero-order valence-corrected chi connectivity index (χ0v) is 8.75. The fraction of sp³-hybridized carbons (Fsp3) is 0.0909. The summed E-state index contributed by atoms with van der Waals surface area (Å²) in [6.45, 7) is 0. The van der Waals surface area contributed by atoms with E-state index in [-0.39, 0.29) is 5.57 Å². The average molecular weight is 219 g/mol. The summed E-state index contributed by atoms with van der Waals surface area (Å²) in [5.41, 5.74) is 0.377. The van der Waals surface area contributed by atoms with Gasteiger partial charge in [-0.15, -0.1) is 0 Å². The Morgan fingerprint density at radius 1 is 1.40 bits per heavy atom. The first kappa shape index (κ1) is 11.1. The number of nitrogens with zero attached hydrogens (tertiary/aromatic N) is 2. The second kappa shape index (κ2) is 5.05. The molecule has 1 aliphatic carbocycles. The van der Waals surface area contributed by atoms with Crippen molar-refractivity contribution >= 4 is 11.6 Å². The summed E-state index contributed by atoms with van der Waals surface area (Å²) in [5.74, 6) is 0.444. The van der Waals surface area contributed by atoms with Crippen molar-refractivity contribution < 1.29 is 4.74 Å². The lowest BCUT2D eigenvalue weighted by Crippen LogP contribution is -1.93. The average Bonchev–Trinajstić information content (AvgIpc) is 2.42. The summed E-state index contributed by atoms with van der Waals surface area (Å²) in [7, 11) is 1.47. The van der Waals surface area contributed by atoms with Gasteiger partial charge in [0, 0.05) is 10.6 Å². The number of methoxy groups -OCH3 is 1. The summed E-state index contributed by atoms with van der Waals surface area (Å²) < 4.78 is 5.06. The van der Waals surface area contributed by atoms with Crippen molar-refractivity contribution in [3.05, 3.63) is 46.2 Å². The number of allylic oxidation sites excluding steroid dienone is 6. The fourth-order valence-electron chi connectivity index (χ4n) is 1.09. The molecule has 0 radical (unpaired) electrons. The smallest absolute Gasteiger partial charge is 0.140 e. The van der Waals surface area contributed by atoms with Gasteiger partial charge in [-0.3, -0.25) is 0 Å². The van der Waals surface area contributed by atoms with Crippen molar-refractivity contribution in [1.82, 2.24) is 0 Å². The fourth-order valence-corrected chi connectivity index (χ4v) is 1.28. The van der Waals surface area contributed by atoms with Crippen LogP contribution in [0.2, 0.25) is 0 Å². The van der Waals surface area contributed by atoms with Crippen molar-refractivity contribution in [2.24, 2.45) is 0 Å². The van der Waals surface area contributed by atoms with E-state index < -0.39 is 0 Å². The van der Waals surface area contributed by atoms with E-state index in [4.69, 9.17) is 26.9 Å². The Kier molecular flexibility index (Phi) is 3.74.